The Morgan fingerprint density at radius 3 is 2.75 bits per heavy atom. The van der Waals surface area contributed by atoms with Crippen molar-refractivity contribution in [3.63, 3.8) is 0 Å². The van der Waals surface area contributed by atoms with Crippen LogP contribution in [0, 0.1) is 5.92 Å². The maximum atomic E-state index is 11.7. The molecular formula is C18H21N3O2S. The molecule has 0 unspecified atom stereocenters. The average molecular weight is 343 g/mol. The molecule has 24 heavy (non-hydrogen) atoms. The number of anilines is 1. The van der Waals surface area contributed by atoms with Gasteiger partial charge >= 0.3 is 5.97 Å². The second kappa shape index (κ2) is 8.15. The summed E-state index contributed by atoms with van der Waals surface area (Å²) in [5.74, 6) is 1.01. The standard InChI is InChI=1S/C18H21N3O2S/c19-17-15(9-13-5-2-1-3-6-13)10-20-18(21-17)24-12-16(22)23-11-14-7-4-8-14/h1-3,5-6,10,14H,4,7-9,11-12H2,(H2,19,20,21). The quantitative estimate of drug-likeness (QED) is 0.473. The molecule has 0 aliphatic heterocycles. The molecule has 1 heterocycles. The Morgan fingerprint density at radius 1 is 1.29 bits per heavy atom. The smallest absolute Gasteiger partial charge is 0.316 e. The molecule has 2 aromatic rings. The molecule has 3 rings (SSSR count). The predicted octanol–water partition coefficient (Wildman–Crippen LogP) is 3.09. The van der Waals surface area contributed by atoms with Gasteiger partial charge in [-0.3, -0.25) is 4.79 Å². The van der Waals surface area contributed by atoms with Crippen molar-refractivity contribution in [3.05, 3.63) is 47.7 Å². The number of esters is 1. The molecule has 0 radical (unpaired) electrons. The molecular weight excluding hydrogens is 322 g/mol. The van der Waals surface area contributed by atoms with Crippen LogP contribution < -0.4 is 5.73 Å². The minimum Gasteiger partial charge on any atom is -0.465 e. The van der Waals surface area contributed by atoms with Crippen LogP contribution in [0.25, 0.3) is 0 Å². The maximum absolute atomic E-state index is 11.7. The molecule has 1 aromatic carbocycles. The van der Waals surface area contributed by atoms with Crippen LogP contribution in [0.2, 0.25) is 0 Å². The first-order valence-electron chi connectivity index (χ1n) is 8.14. The Hall–Kier alpha value is -2.08. The van der Waals surface area contributed by atoms with Gasteiger partial charge < -0.3 is 10.5 Å². The van der Waals surface area contributed by atoms with Crippen LogP contribution >= 0.6 is 11.8 Å². The van der Waals surface area contributed by atoms with Crippen LogP contribution in [-0.4, -0.2) is 28.3 Å². The molecule has 5 nitrogen and oxygen atoms in total. The van der Waals surface area contributed by atoms with Gasteiger partial charge in [-0.05, 0) is 24.3 Å². The number of nitrogens with two attached hydrogens (primary N) is 1. The van der Waals surface area contributed by atoms with Crippen molar-refractivity contribution in [1.29, 1.82) is 0 Å². The number of carbonyl (C=O) groups excluding carboxylic acids is 1. The largest absolute Gasteiger partial charge is 0.465 e. The van der Waals surface area contributed by atoms with Gasteiger partial charge in [0, 0.05) is 18.2 Å². The fourth-order valence-corrected chi connectivity index (χ4v) is 3.08. The zero-order chi connectivity index (χ0) is 16.8. The SMILES string of the molecule is Nc1nc(SCC(=O)OCC2CCC2)ncc1Cc1ccccc1. The van der Waals surface area contributed by atoms with Crippen LogP contribution in [0.3, 0.4) is 0 Å². The number of rotatable bonds is 7. The van der Waals surface area contributed by atoms with Crippen molar-refractivity contribution in [2.75, 3.05) is 18.1 Å². The van der Waals surface area contributed by atoms with E-state index in [9.17, 15) is 4.79 Å². The number of thioether (sulfide) groups is 1. The molecule has 1 fully saturated rings. The zero-order valence-corrected chi connectivity index (χ0v) is 14.3. The summed E-state index contributed by atoms with van der Waals surface area (Å²) in [6.45, 7) is 0.540. The number of hydrogen-bond donors (Lipinski definition) is 1. The van der Waals surface area contributed by atoms with Crippen LogP contribution in [0.1, 0.15) is 30.4 Å². The van der Waals surface area contributed by atoms with E-state index in [4.69, 9.17) is 10.5 Å². The lowest BCUT2D eigenvalue weighted by atomic mass is 9.86. The van der Waals surface area contributed by atoms with Crippen molar-refractivity contribution in [2.45, 2.75) is 30.8 Å². The van der Waals surface area contributed by atoms with E-state index < -0.39 is 0 Å². The number of nitrogen functional groups attached to an aromatic ring is 1. The van der Waals surface area contributed by atoms with Gasteiger partial charge in [0.05, 0.1) is 12.4 Å². The summed E-state index contributed by atoms with van der Waals surface area (Å²) in [5.41, 5.74) is 8.07. The van der Waals surface area contributed by atoms with Gasteiger partial charge in [0.25, 0.3) is 0 Å². The van der Waals surface area contributed by atoms with Gasteiger partial charge in [-0.1, -0.05) is 48.5 Å². The van der Waals surface area contributed by atoms with Crippen LogP contribution in [0.5, 0.6) is 0 Å². The van der Waals surface area contributed by atoms with Crippen LogP contribution in [-0.2, 0) is 16.0 Å². The fourth-order valence-electron chi connectivity index (χ4n) is 2.46. The van der Waals surface area contributed by atoms with E-state index in [2.05, 4.69) is 9.97 Å². The van der Waals surface area contributed by atoms with E-state index in [1.807, 2.05) is 30.3 Å². The molecule has 0 atom stereocenters. The van der Waals surface area contributed by atoms with Gasteiger partial charge in [-0.25, -0.2) is 9.97 Å². The number of hydrogen-bond acceptors (Lipinski definition) is 6. The molecule has 1 aliphatic carbocycles. The lowest BCUT2D eigenvalue weighted by Gasteiger charge is -2.24. The third-order valence-electron chi connectivity index (χ3n) is 4.14. The van der Waals surface area contributed by atoms with Gasteiger partial charge in [0.1, 0.15) is 5.82 Å². The second-order valence-electron chi connectivity index (χ2n) is 5.99. The monoisotopic (exact) mass is 343 g/mol. The highest BCUT2D eigenvalue weighted by Gasteiger charge is 2.19. The van der Waals surface area contributed by atoms with Crippen molar-refractivity contribution in [1.82, 2.24) is 9.97 Å². The third-order valence-corrected chi connectivity index (χ3v) is 4.97. The summed E-state index contributed by atoms with van der Waals surface area (Å²) in [6.07, 6.45) is 6.02. The Kier molecular flexibility index (Phi) is 5.69. The average Bonchev–Trinajstić information content (AvgIpc) is 2.55. The molecule has 6 heteroatoms. The summed E-state index contributed by atoms with van der Waals surface area (Å²) in [7, 11) is 0. The maximum Gasteiger partial charge on any atom is 0.316 e. The normalized spacial score (nSPS) is 14.2. The Labute approximate surface area is 146 Å². The van der Waals surface area contributed by atoms with Crippen molar-refractivity contribution in [3.8, 4) is 0 Å². The topological polar surface area (TPSA) is 78.1 Å². The van der Waals surface area contributed by atoms with E-state index in [-0.39, 0.29) is 11.7 Å². The van der Waals surface area contributed by atoms with Crippen molar-refractivity contribution < 1.29 is 9.53 Å². The second-order valence-corrected chi connectivity index (χ2v) is 6.94. The summed E-state index contributed by atoms with van der Waals surface area (Å²) in [5, 5.41) is 0.505. The third kappa shape index (κ3) is 4.71. The molecule has 1 aliphatic rings. The first kappa shape index (κ1) is 16.8. The molecule has 0 saturated heterocycles. The summed E-state index contributed by atoms with van der Waals surface area (Å²) in [6, 6.07) is 10.0. The summed E-state index contributed by atoms with van der Waals surface area (Å²) >= 11 is 1.26. The van der Waals surface area contributed by atoms with E-state index in [0.29, 0.717) is 29.9 Å². The molecule has 1 saturated carbocycles. The van der Waals surface area contributed by atoms with E-state index in [1.54, 1.807) is 6.20 Å². The number of carbonyl (C=O) groups is 1. The zero-order valence-electron chi connectivity index (χ0n) is 13.5. The molecule has 126 valence electrons. The van der Waals surface area contributed by atoms with E-state index >= 15 is 0 Å². The van der Waals surface area contributed by atoms with Crippen molar-refractivity contribution >= 4 is 23.5 Å². The van der Waals surface area contributed by atoms with Gasteiger partial charge in [0.2, 0.25) is 0 Å². The number of aromatic nitrogens is 2. The first-order valence-corrected chi connectivity index (χ1v) is 9.13. The minimum absolute atomic E-state index is 0.212. The molecule has 0 amide bonds. The highest BCUT2D eigenvalue weighted by molar-refractivity contribution is 7.99. The number of nitrogens with zero attached hydrogens (tertiary/aromatic N) is 2. The molecule has 2 N–H and O–H groups in total. The fraction of sp³-hybridized carbons (Fsp3) is 0.389. The lowest BCUT2D eigenvalue weighted by molar-refractivity contribution is -0.142. The van der Waals surface area contributed by atoms with Gasteiger partial charge in [0.15, 0.2) is 5.16 Å². The highest BCUT2D eigenvalue weighted by Crippen LogP contribution is 2.26. The van der Waals surface area contributed by atoms with Gasteiger partial charge in [-0.2, -0.15) is 0 Å². The number of benzene rings is 1. The van der Waals surface area contributed by atoms with E-state index in [1.165, 1.54) is 31.0 Å². The molecule has 1 aromatic heterocycles. The van der Waals surface area contributed by atoms with E-state index in [0.717, 1.165) is 11.1 Å². The highest BCUT2D eigenvalue weighted by atomic mass is 32.2. The summed E-state index contributed by atoms with van der Waals surface area (Å²) in [4.78, 5) is 20.3. The van der Waals surface area contributed by atoms with Crippen LogP contribution in [0.4, 0.5) is 5.82 Å². The Balaban J connectivity index is 1.49. The molecule has 0 spiro atoms. The van der Waals surface area contributed by atoms with Crippen LogP contribution in [0.15, 0.2) is 41.7 Å². The lowest BCUT2D eigenvalue weighted by Crippen LogP contribution is -2.20. The van der Waals surface area contributed by atoms with Crippen molar-refractivity contribution in [2.24, 2.45) is 5.92 Å². The minimum atomic E-state index is -0.220. The predicted molar refractivity (Wildman–Crippen MR) is 94.7 cm³/mol. The molecule has 0 bridgehead atoms. The Morgan fingerprint density at radius 2 is 2.08 bits per heavy atom. The number of ether oxygens (including phenoxy) is 1. The van der Waals surface area contributed by atoms with Gasteiger partial charge in [-0.15, -0.1) is 0 Å². The first-order chi connectivity index (χ1) is 11.7. The Bertz CT molecular complexity index is 690. The summed E-state index contributed by atoms with van der Waals surface area (Å²) < 4.78 is 5.25.